The SMILES string of the molecule is COc1ccc(S(=O)(=O)NC2=NCN(Cc3ccncc3)CN2)cc1. The molecular formula is C16H19N5O3S. The van der Waals surface area contributed by atoms with Crippen molar-refractivity contribution in [1.29, 1.82) is 0 Å². The third-order valence-corrected chi connectivity index (χ3v) is 5.01. The first-order valence-electron chi connectivity index (χ1n) is 7.63. The van der Waals surface area contributed by atoms with Gasteiger partial charge in [-0.25, -0.2) is 18.1 Å². The van der Waals surface area contributed by atoms with Gasteiger partial charge in [0.2, 0.25) is 5.96 Å². The number of pyridine rings is 1. The Labute approximate surface area is 146 Å². The molecule has 8 nitrogen and oxygen atoms in total. The molecule has 1 aliphatic rings. The van der Waals surface area contributed by atoms with E-state index in [9.17, 15) is 8.42 Å². The largest absolute Gasteiger partial charge is 0.497 e. The Morgan fingerprint density at radius 1 is 1.20 bits per heavy atom. The van der Waals surface area contributed by atoms with Crippen LogP contribution in [0.1, 0.15) is 5.56 Å². The third-order valence-electron chi connectivity index (χ3n) is 3.66. The number of nitrogens with one attached hydrogen (secondary N) is 2. The highest BCUT2D eigenvalue weighted by Gasteiger charge is 2.19. The fourth-order valence-corrected chi connectivity index (χ4v) is 3.33. The van der Waals surface area contributed by atoms with Gasteiger partial charge in [-0.2, -0.15) is 0 Å². The summed E-state index contributed by atoms with van der Waals surface area (Å²) < 4.78 is 32.3. The average molecular weight is 361 g/mol. The topological polar surface area (TPSA) is 95.9 Å². The fraction of sp³-hybridized carbons (Fsp3) is 0.250. The molecular weight excluding hydrogens is 342 g/mol. The molecule has 0 bridgehead atoms. The number of aromatic nitrogens is 1. The zero-order valence-electron chi connectivity index (χ0n) is 13.7. The molecule has 1 aromatic carbocycles. The number of guanidine groups is 1. The van der Waals surface area contributed by atoms with Crippen LogP contribution in [0, 0.1) is 0 Å². The average Bonchev–Trinajstić information content (AvgIpc) is 2.64. The van der Waals surface area contributed by atoms with E-state index in [4.69, 9.17) is 4.74 Å². The van der Waals surface area contributed by atoms with E-state index in [1.165, 1.54) is 19.2 Å². The molecule has 1 aliphatic heterocycles. The third kappa shape index (κ3) is 4.46. The first-order valence-corrected chi connectivity index (χ1v) is 9.11. The summed E-state index contributed by atoms with van der Waals surface area (Å²) >= 11 is 0. The summed E-state index contributed by atoms with van der Waals surface area (Å²) in [7, 11) is -2.16. The second kappa shape index (κ2) is 7.49. The van der Waals surface area contributed by atoms with E-state index in [0.717, 1.165) is 5.56 Å². The molecule has 0 saturated heterocycles. The van der Waals surface area contributed by atoms with Crippen molar-refractivity contribution in [1.82, 2.24) is 19.9 Å². The minimum Gasteiger partial charge on any atom is -0.497 e. The van der Waals surface area contributed by atoms with Gasteiger partial charge in [0.15, 0.2) is 0 Å². The highest BCUT2D eigenvalue weighted by Crippen LogP contribution is 2.15. The second-order valence-electron chi connectivity index (χ2n) is 5.45. The van der Waals surface area contributed by atoms with Crippen molar-refractivity contribution >= 4 is 16.0 Å². The molecule has 25 heavy (non-hydrogen) atoms. The normalized spacial score (nSPS) is 15.2. The van der Waals surface area contributed by atoms with E-state index in [2.05, 4.69) is 20.0 Å². The Morgan fingerprint density at radius 3 is 2.52 bits per heavy atom. The van der Waals surface area contributed by atoms with Crippen molar-refractivity contribution in [3.63, 3.8) is 0 Å². The fourth-order valence-electron chi connectivity index (χ4n) is 2.33. The number of nitrogens with zero attached hydrogens (tertiary/aromatic N) is 3. The number of methoxy groups -OCH3 is 1. The van der Waals surface area contributed by atoms with Crippen LogP contribution in [0.25, 0.3) is 0 Å². The Kier molecular flexibility index (Phi) is 5.15. The molecule has 0 unspecified atom stereocenters. The number of aliphatic imine (C=N–C) groups is 1. The van der Waals surface area contributed by atoms with E-state index < -0.39 is 10.0 Å². The van der Waals surface area contributed by atoms with Crippen LogP contribution in [0.2, 0.25) is 0 Å². The molecule has 0 aliphatic carbocycles. The predicted octanol–water partition coefficient (Wildman–Crippen LogP) is 0.745. The van der Waals surface area contributed by atoms with E-state index in [1.54, 1.807) is 24.5 Å². The van der Waals surface area contributed by atoms with Crippen molar-refractivity contribution in [2.24, 2.45) is 4.99 Å². The van der Waals surface area contributed by atoms with Gasteiger partial charge in [-0.3, -0.25) is 9.88 Å². The Hall–Kier alpha value is -2.65. The molecule has 0 spiro atoms. The summed E-state index contributed by atoms with van der Waals surface area (Å²) in [6.07, 6.45) is 3.48. The molecule has 0 fully saturated rings. The maximum absolute atomic E-state index is 12.4. The summed E-state index contributed by atoms with van der Waals surface area (Å²) in [6, 6.07) is 10.0. The van der Waals surface area contributed by atoms with Crippen LogP contribution in [0.5, 0.6) is 5.75 Å². The van der Waals surface area contributed by atoms with Gasteiger partial charge in [0.1, 0.15) is 5.75 Å². The number of sulfonamides is 1. The van der Waals surface area contributed by atoms with Crippen LogP contribution in [-0.4, -0.2) is 44.7 Å². The number of benzene rings is 1. The van der Waals surface area contributed by atoms with Crippen LogP contribution >= 0.6 is 0 Å². The summed E-state index contributed by atoms with van der Waals surface area (Å²) in [4.78, 5) is 10.4. The van der Waals surface area contributed by atoms with Crippen LogP contribution in [0.3, 0.4) is 0 Å². The van der Waals surface area contributed by atoms with Crippen molar-refractivity contribution in [3.05, 3.63) is 54.4 Å². The molecule has 0 amide bonds. The zero-order chi connectivity index (χ0) is 17.7. The Bertz CT molecular complexity index is 838. The molecule has 2 aromatic rings. The Balaban J connectivity index is 1.61. The molecule has 2 N–H and O–H groups in total. The number of ether oxygens (including phenoxy) is 1. The van der Waals surface area contributed by atoms with Crippen LogP contribution in [0.4, 0.5) is 0 Å². The van der Waals surface area contributed by atoms with Gasteiger partial charge in [-0.1, -0.05) is 0 Å². The van der Waals surface area contributed by atoms with Crippen LogP contribution in [0.15, 0.2) is 58.7 Å². The molecule has 3 rings (SSSR count). The predicted molar refractivity (Wildman–Crippen MR) is 93.4 cm³/mol. The highest BCUT2D eigenvalue weighted by molar-refractivity contribution is 7.90. The van der Waals surface area contributed by atoms with Crippen LogP contribution in [-0.2, 0) is 16.6 Å². The van der Waals surface area contributed by atoms with E-state index >= 15 is 0 Å². The number of rotatable bonds is 5. The van der Waals surface area contributed by atoms with Gasteiger partial charge < -0.3 is 10.1 Å². The standard InChI is InChI=1S/C16H19N5O3S/c1-24-14-2-4-15(5-3-14)25(22,23)20-16-18-11-21(12-19-16)10-13-6-8-17-9-7-13/h2-9H,10-12H2,1H3,(H2,18,19,20). The zero-order valence-corrected chi connectivity index (χ0v) is 14.5. The lowest BCUT2D eigenvalue weighted by Crippen LogP contribution is -2.49. The first-order chi connectivity index (χ1) is 12.1. The second-order valence-corrected chi connectivity index (χ2v) is 7.13. The minimum absolute atomic E-state index is 0.150. The highest BCUT2D eigenvalue weighted by atomic mass is 32.2. The molecule has 1 aromatic heterocycles. The van der Waals surface area contributed by atoms with Gasteiger partial charge in [-0.15, -0.1) is 0 Å². The van der Waals surface area contributed by atoms with Crippen LogP contribution < -0.4 is 14.8 Å². The summed E-state index contributed by atoms with van der Waals surface area (Å²) in [5, 5.41) is 2.98. The van der Waals surface area contributed by atoms with E-state index in [1.807, 2.05) is 17.0 Å². The van der Waals surface area contributed by atoms with Crippen molar-refractivity contribution in [3.8, 4) is 5.75 Å². The first kappa shape index (κ1) is 17.2. The van der Waals surface area contributed by atoms with E-state index in [-0.39, 0.29) is 10.9 Å². The molecule has 2 heterocycles. The van der Waals surface area contributed by atoms with Crippen molar-refractivity contribution in [2.75, 3.05) is 20.4 Å². The molecule has 0 saturated carbocycles. The molecule has 0 atom stereocenters. The molecule has 0 radical (unpaired) electrons. The lowest BCUT2D eigenvalue weighted by atomic mass is 10.2. The van der Waals surface area contributed by atoms with Crippen molar-refractivity contribution in [2.45, 2.75) is 11.4 Å². The molecule has 9 heteroatoms. The smallest absolute Gasteiger partial charge is 0.264 e. The maximum atomic E-state index is 12.4. The van der Waals surface area contributed by atoms with Gasteiger partial charge in [0.05, 0.1) is 25.3 Å². The maximum Gasteiger partial charge on any atom is 0.264 e. The van der Waals surface area contributed by atoms with Gasteiger partial charge in [0, 0.05) is 18.9 Å². The number of hydrogen-bond donors (Lipinski definition) is 2. The van der Waals surface area contributed by atoms with Gasteiger partial charge >= 0.3 is 0 Å². The summed E-state index contributed by atoms with van der Waals surface area (Å²) in [5.74, 6) is 0.834. The number of hydrogen-bond acceptors (Lipinski definition) is 7. The lowest BCUT2D eigenvalue weighted by molar-refractivity contribution is 0.255. The quantitative estimate of drug-likeness (QED) is 0.816. The van der Waals surface area contributed by atoms with E-state index in [0.29, 0.717) is 25.6 Å². The lowest BCUT2D eigenvalue weighted by Gasteiger charge is -2.26. The molecule has 132 valence electrons. The summed E-state index contributed by atoms with van der Waals surface area (Å²) in [5.41, 5.74) is 1.12. The summed E-state index contributed by atoms with van der Waals surface area (Å²) in [6.45, 7) is 1.60. The minimum atomic E-state index is -3.69. The Morgan fingerprint density at radius 2 is 1.92 bits per heavy atom. The van der Waals surface area contributed by atoms with Gasteiger partial charge in [0.25, 0.3) is 10.0 Å². The monoisotopic (exact) mass is 361 g/mol. The van der Waals surface area contributed by atoms with Crippen molar-refractivity contribution < 1.29 is 13.2 Å². The van der Waals surface area contributed by atoms with Gasteiger partial charge in [-0.05, 0) is 42.0 Å².